The van der Waals surface area contributed by atoms with Crippen LogP contribution in [0.5, 0.6) is 0 Å². The lowest BCUT2D eigenvalue weighted by atomic mass is 10.00. The van der Waals surface area contributed by atoms with Crippen molar-refractivity contribution in [2.45, 2.75) is 71.5 Å². The molecule has 2 N–H and O–H groups in total. The van der Waals surface area contributed by atoms with Crippen molar-refractivity contribution < 1.29 is 4.42 Å². The standard InChI is InChI=1S/C16H30N2O/c1-5-7-8-11-18(13(3)4)16(14(17)6-2)15-10-9-12-19-15/h9-10,12-14,16H,5-8,11,17H2,1-4H3. The molecule has 0 amide bonds. The number of nitrogens with zero attached hydrogens (tertiary/aromatic N) is 1. The van der Waals surface area contributed by atoms with E-state index in [1.807, 2.05) is 6.07 Å². The summed E-state index contributed by atoms with van der Waals surface area (Å²) in [6.45, 7) is 9.95. The molecular weight excluding hydrogens is 236 g/mol. The second-order valence-corrected chi connectivity index (χ2v) is 5.57. The molecule has 110 valence electrons. The second kappa shape index (κ2) is 8.39. The highest BCUT2D eigenvalue weighted by atomic mass is 16.3. The molecule has 0 saturated heterocycles. The zero-order chi connectivity index (χ0) is 14.3. The van der Waals surface area contributed by atoms with E-state index in [0.29, 0.717) is 6.04 Å². The van der Waals surface area contributed by atoms with Gasteiger partial charge in [0.05, 0.1) is 12.3 Å². The molecule has 1 rings (SSSR count). The second-order valence-electron chi connectivity index (χ2n) is 5.57. The fraction of sp³-hybridized carbons (Fsp3) is 0.750. The van der Waals surface area contributed by atoms with Crippen LogP contribution < -0.4 is 5.73 Å². The van der Waals surface area contributed by atoms with Gasteiger partial charge in [-0.15, -0.1) is 0 Å². The summed E-state index contributed by atoms with van der Waals surface area (Å²) in [5.41, 5.74) is 6.35. The van der Waals surface area contributed by atoms with Gasteiger partial charge >= 0.3 is 0 Å². The summed E-state index contributed by atoms with van der Waals surface area (Å²) in [6.07, 6.45) is 6.45. The molecule has 0 aliphatic heterocycles. The Labute approximate surface area is 118 Å². The highest BCUT2D eigenvalue weighted by molar-refractivity contribution is 5.08. The minimum absolute atomic E-state index is 0.121. The van der Waals surface area contributed by atoms with Crippen LogP contribution in [-0.2, 0) is 0 Å². The van der Waals surface area contributed by atoms with E-state index in [1.54, 1.807) is 6.26 Å². The van der Waals surface area contributed by atoms with Crippen LogP contribution in [0.25, 0.3) is 0 Å². The first-order chi connectivity index (χ1) is 9.11. The molecule has 1 aromatic heterocycles. The highest BCUT2D eigenvalue weighted by Gasteiger charge is 2.29. The number of nitrogens with two attached hydrogens (primary N) is 1. The van der Waals surface area contributed by atoms with E-state index in [1.165, 1.54) is 19.3 Å². The molecule has 2 atom stereocenters. The van der Waals surface area contributed by atoms with Gasteiger partial charge in [0, 0.05) is 12.1 Å². The first-order valence-electron chi connectivity index (χ1n) is 7.66. The van der Waals surface area contributed by atoms with E-state index in [9.17, 15) is 0 Å². The molecular formula is C16H30N2O. The molecule has 0 bridgehead atoms. The van der Waals surface area contributed by atoms with Crippen LogP contribution >= 0.6 is 0 Å². The van der Waals surface area contributed by atoms with Gasteiger partial charge in [-0.25, -0.2) is 0 Å². The smallest absolute Gasteiger partial charge is 0.122 e. The molecule has 0 radical (unpaired) electrons. The molecule has 2 unspecified atom stereocenters. The van der Waals surface area contributed by atoms with E-state index in [2.05, 4.69) is 38.7 Å². The number of rotatable bonds is 9. The third-order valence-electron chi connectivity index (χ3n) is 3.75. The van der Waals surface area contributed by atoms with E-state index < -0.39 is 0 Å². The van der Waals surface area contributed by atoms with Crippen LogP contribution in [0.15, 0.2) is 22.8 Å². The maximum absolute atomic E-state index is 6.35. The lowest BCUT2D eigenvalue weighted by Gasteiger charge is -2.37. The van der Waals surface area contributed by atoms with Gasteiger partial charge < -0.3 is 10.2 Å². The Kier molecular flexibility index (Phi) is 7.17. The lowest BCUT2D eigenvalue weighted by molar-refractivity contribution is 0.110. The van der Waals surface area contributed by atoms with Crippen molar-refractivity contribution in [3.8, 4) is 0 Å². The number of unbranched alkanes of at least 4 members (excludes halogenated alkanes) is 2. The normalized spacial score (nSPS) is 15.1. The van der Waals surface area contributed by atoms with Crippen LogP contribution in [-0.4, -0.2) is 23.5 Å². The molecule has 0 aromatic carbocycles. The summed E-state index contributed by atoms with van der Waals surface area (Å²) in [4.78, 5) is 2.49. The summed E-state index contributed by atoms with van der Waals surface area (Å²) in [5, 5.41) is 0. The van der Waals surface area contributed by atoms with Gasteiger partial charge in [0.2, 0.25) is 0 Å². The molecule has 0 saturated carbocycles. The summed E-state index contributed by atoms with van der Waals surface area (Å²) in [5.74, 6) is 1.000. The monoisotopic (exact) mass is 266 g/mol. The predicted octanol–water partition coefficient (Wildman–Crippen LogP) is 3.96. The maximum Gasteiger partial charge on any atom is 0.122 e. The van der Waals surface area contributed by atoms with Gasteiger partial charge in [0.1, 0.15) is 5.76 Å². The van der Waals surface area contributed by atoms with Crippen molar-refractivity contribution in [1.29, 1.82) is 0 Å². The number of hydrogen-bond acceptors (Lipinski definition) is 3. The molecule has 0 spiro atoms. The number of hydrogen-bond donors (Lipinski definition) is 1. The first-order valence-corrected chi connectivity index (χ1v) is 7.66. The Balaban J connectivity index is 2.85. The summed E-state index contributed by atoms with van der Waals surface area (Å²) < 4.78 is 5.63. The van der Waals surface area contributed by atoms with Crippen LogP contribution in [0, 0.1) is 0 Å². The minimum atomic E-state index is 0.121. The Morgan fingerprint density at radius 1 is 1.26 bits per heavy atom. The van der Waals surface area contributed by atoms with Crippen molar-refractivity contribution >= 4 is 0 Å². The summed E-state index contributed by atoms with van der Waals surface area (Å²) >= 11 is 0. The highest BCUT2D eigenvalue weighted by Crippen LogP contribution is 2.28. The lowest BCUT2D eigenvalue weighted by Crippen LogP contribution is -2.44. The van der Waals surface area contributed by atoms with Gasteiger partial charge in [-0.3, -0.25) is 4.90 Å². The van der Waals surface area contributed by atoms with Gasteiger partial charge in [0.15, 0.2) is 0 Å². The molecule has 19 heavy (non-hydrogen) atoms. The van der Waals surface area contributed by atoms with E-state index in [-0.39, 0.29) is 12.1 Å². The van der Waals surface area contributed by atoms with Crippen LogP contribution in [0.3, 0.4) is 0 Å². The van der Waals surface area contributed by atoms with Crippen molar-refractivity contribution in [1.82, 2.24) is 4.90 Å². The van der Waals surface area contributed by atoms with E-state index >= 15 is 0 Å². The Bertz CT molecular complexity index is 321. The fourth-order valence-electron chi connectivity index (χ4n) is 2.57. The zero-order valence-corrected chi connectivity index (χ0v) is 12.9. The van der Waals surface area contributed by atoms with Crippen LogP contribution in [0.1, 0.15) is 65.2 Å². The first kappa shape index (κ1) is 16.3. The Morgan fingerprint density at radius 2 is 2.00 bits per heavy atom. The molecule has 3 nitrogen and oxygen atoms in total. The largest absolute Gasteiger partial charge is 0.468 e. The molecule has 1 aromatic rings. The molecule has 3 heteroatoms. The van der Waals surface area contributed by atoms with Gasteiger partial charge in [-0.2, -0.15) is 0 Å². The quantitative estimate of drug-likeness (QED) is 0.688. The van der Waals surface area contributed by atoms with E-state index in [4.69, 9.17) is 10.2 Å². The topological polar surface area (TPSA) is 42.4 Å². The van der Waals surface area contributed by atoms with E-state index in [0.717, 1.165) is 18.7 Å². The summed E-state index contributed by atoms with van der Waals surface area (Å²) in [6, 6.07) is 4.79. The van der Waals surface area contributed by atoms with Crippen LogP contribution in [0.2, 0.25) is 0 Å². The Hall–Kier alpha value is -0.800. The Morgan fingerprint density at radius 3 is 2.47 bits per heavy atom. The van der Waals surface area contributed by atoms with Crippen molar-refractivity contribution in [2.75, 3.05) is 6.54 Å². The SMILES string of the molecule is CCCCCN(C(C)C)C(c1ccco1)C(N)CC. The van der Waals surface area contributed by atoms with Gasteiger partial charge in [-0.1, -0.05) is 26.7 Å². The minimum Gasteiger partial charge on any atom is -0.468 e. The predicted molar refractivity (Wildman–Crippen MR) is 81.1 cm³/mol. The third kappa shape index (κ3) is 4.66. The van der Waals surface area contributed by atoms with Crippen LogP contribution in [0.4, 0.5) is 0 Å². The average molecular weight is 266 g/mol. The molecule has 0 aliphatic rings. The third-order valence-corrected chi connectivity index (χ3v) is 3.75. The number of furan rings is 1. The molecule has 1 heterocycles. The zero-order valence-electron chi connectivity index (χ0n) is 12.9. The average Bonchev–Trinajstić information content (AvgIpc) is 2.90. The van der Waals surface area contributed by atoms with Crippen molar-refractivity contribution in [2.24, 2.45) is 5.73 Å². The van der Waals surface area contributed by atoms with Crippen molar-refractivity contribution in [3.05, 3.63) is 24.2 Å². The molecule has 0 fully saturated rings. The van der Waals surface area contributed by atoms with Gasteiger partial charge in [0.25, 0.3) is 0 Å². The fourth-order valence-corrected chi connectivity index (χ4v) is 2.57. The van der Waals surface area contributed by atoms with Crippen molar-refractivity contribution in [3.63, 3.8) is 0 Å². The molecule has 0 aliphatic carbocycles. The van der Waals surface area contributed by atoms with Gasteiger partial charge in [-0.05, 0) is 45.4 Å². The maximum atomic E-state index is 6.35. The summed E-state index contributed by atoms with van der Waals surface area (Å²) in [7, 11) is 0.